The molecule has 7 nitrogen and oxygen atoms in total. The van der Waals surface area contributed by atoms with Crippen LogP contribution in [0, 0.1) is 5.82 Å². The van der Waals surface area contributed by atoms with Gasteiger partial charge in [-0.15, -0.1) is 0 Å². The Balaban J connectivity index is 1.53. The molecule has 3 aromatic rings. The summed E-state index contributed by atoms with van der Waals surface area (Å²) in [5.41, 5.74) is 1.18. The van der Waals surface area contributed by atoms with Crippen LogP contribution in [0.4, 0.5) is 21.5 Å². The van der Waals surface area contributed by atoms with E-state index in [1.54, 1.807) is 48.5 Å². The molecular formula is C23H22FN3O4S. The highest BCUT2D eigenvalue weighted by Gasteiger charge is 2.24. The van der Waals surface area contributed by atoms with E-state index >= 15 is 0 Å². The SMILES string of the molecule is O=C(O)c1cc(NS(=O)(=O)c2ccccc2)ccc1N1CCN(c2ccccc2F)CC1. The number of hydrogen-bond acceptors (Lipinski definition) is 5. The monoisotopic (exact) mass is 455 g/mol. The molecule has 0 aliphatic carbocycles. The van der Waals surface area contributed by atoms with Crippen molar-refractivity contribution >= 4 is 33.1 Å². The van der Waals surface area contributed by atoms with Gasteiger partial charge in [0.25, 0.3) is 10.0 Å². The number of aromatic carboxylic acids is 1. The van der Waals surface area contributed by atoms with Crippen molar-refractivity contribution in [1.29, 1.82) is 0 Å². The number of hydrogen-bond donors (Lipinski definition) is 2. The van der Waals surface area contributed by atoms with Gasteiger partial charge in [0.15, 0.2) is 0 Å². The third kappa shape index (κ3) is 4.52. The van der Waals surface area contributed by atoms with Crippen LogP contribution >= 0.6 is 0 Å². The van der Waals surface area contributed by atoms with Crippen molar-refractivity contribution in [2.24, 2.45) is 0 Å². The maximum atomic E-state index is 14.1. The molecule has 3 aromatic carbocycles. The number of sulfonamides is 1. The Bertz CT molecular complexity index is 1230. The molecule has 0 amide bonds. The highest BCUT2D eigenvalue weighted by atomic mass is 32.2. The molecule has 0 aromatic heterocycles. The summed E-state index contributed by atoms with van der Waals surface area (Å²) in [6, 6.07) is 18.9. The number of rotatable bonds is 6. The predicted octanol–water partition coefficient (Wildman–Crippen LogP) is 3.65. The van der Waals surface area contributed by atoms with E-state index in [0.717, 1.165) is 0 Å². The molecule has 0 spiro atoms. The lowest BCUT2D eigenvalue weighted by Gasteiger charge is -2.38. The van der Waals surface area contributed by atoms with Crippen molar-refractivity contribution in [2.75, 3.05) is 40.7 Å². The lowest BCUT2D eigenvalue weighted by molar-refractivity contribution is 0.0697. The number of anilines is 3. The average molecular weight is 456 g/mol. The first kappa shape index (κ1) is 21.6. The number of nitrogens with zero attached hydrogens (tertiary/aromatic N) is 2. The fourth-order valence-electron chi connectivity index (χ4n) is 3.76. The molecule has 1 saturated heterocycles. The van der Waals surface area contributed by atoms with Crippen LogP contribution in [0.5, 0.6) is 0 Å². The first-order valence-electron chi connectivity index (χ1n) is 10.0. The molecule has 9 heteroatoms. The molecule has 0 radical (unpaired) electrons. The Morgan fingerprint density at radius 3 is 2.06 bits per heavy atom. The average Bonchev–Trinajstić information content (AvgIpc) is 2.80. The van der Waals surface area contributed by atoms with Crippen molar-refractivity contribution in [1.82, 2.24) is 0 Å². The standard InChI is InChI=1S/C23H22FN3O4S/c24-20-8-4-5-9-22(20)27-14-12-26(13-15-27)21-11-10-17(16-19(21)23(28)29)25-32(30,31)18-6-2-1-3-7-18/h1-11,16,25H,12-15H2,(H,28,29). The highest BCUT2D eigenvalue weighted by Crippen LogP contribution is 2.28. The summed E-state index contributed by atoms with van der Waals surface area (Å²) in [5, 5.41) is 9.74. The Morgan fingerprint density at radius 2 is 1.44 bits per heavy atom. The molecule has 32 heavy (non-hydrogen) atoms. The third-order valence-electron chi connectivity index (χ3n) is 5.35. The van der Waals surface area contributed by atoms with Gasteiger partial charge in [-0.1, -0.05) is 30.3 Å². The lowest BCUT2D eigenvalue weighted by atomic mass is 10.1. The molecule has 0 unspecified atom stereocenters. The largest absolute Gasteiger partial charge is 0.478 e. The van der Waals surface area contributed by atoms with E-state index in [-0.39, 0.29) is 22.0 Å². The molecule has 1 aliphatic heterocycles. The first-order valence-corrected chi connectivity index (χ1v) is 11.5. The summed E-state index contributed by atoms with van der Waals surface area (Å²) in [6.07, 6.45) is 0. The Kier molecular flexibility index (Phi) is 6.00. The normalized spacial score (nSPS) is 14.3. The highest BCUT2D eigenvalue weighted by molar-refractivity contribution is 7.92. The van der Waals surface area contributed by atoms with Crippen LogP contribution in [0.15, 0.2) is 77.7 Å². The molecule has 1 fully saturated rings. The molecule has 2 N–H and O–H groups in total. The number of para-hydroxylation sites is 1. The number of carbonyl (C=O) groups is 1. The Labute approximate surface area is 185 Å². The second-order valence-electron chi connectivity index (χ2n) is 7.38. The Morgan fingerprint density at radius 1 is 0.844 bits per heavy atom. The zero-order valence-corrected chi connectivity index (χ0v) is 17.9. The second kappa shape index (κ2) is 8.88. The molecule has 166 valence electrons. The lowest BCUT2D eigenvalue weighted by Crippen LogP contribution is -2.47. The van der Waals surface area contributed by atoms with Crippen LogP contribution in [0.2, 0.25) is 0 Å². The number of benzene rings is 3. The molecule has 1 heterocycles. The van der Waals surface area contributed by atoms with Crippen LogP contribution in [0.25, 0.3) is 0 Å². The smallest absolute Gasteiger partial charge is 0.337 e. The van der Waals surface area contributed by atoms with Crippen LogP contribution in [-0.4, -0.2) is 45.7 Å². The fraction of sp³-hybridized carbons (Fsp3) is 0.174. The van der Waals surface area contributed by atoms with Gasteiger partial charge in [-0.2, -0.15) is 0 Å². The van der Waals surface area contributed by atoms with E-state index in [9.17, 15) is 22.7 Å². The first-order chi connectivity index (χ1) is 15.3. The van der Waals surface area contributed by atoms with Gasteiger partial charge in [0, 0.05) is 31.9 Å². The topological polar surface area (TPSA) is 89.9 Å². The van der Waals surface area contributed by atoms with E-state index < -0.39 is 16.0 Å². The minimum absolute atomic E-state index is 0.00222. The van der Waals surface area contributed by atoms with E-state index in [1.165, 1.54) is 24.3 Å². The van der Waals surface area contributed by atoms with Crippen molar-refractivity contribution < 1.29 is 22.7 Å². The van der Waals surface area contributed by atoms with E-state index in [4.69, 9.17) is 0 Å². The maximum Gasteiger partial charge on any atom is 0.337 e. The van der Waals surface area contributed by atoms with Gasteiger partial charge in [0.1, 0.15) is 5.82 Å². The number of nitrogens with one attached hydrogen (secondary N) is 1. The zero-order chi connectivity index (χ0) is 22.7. The fourth-order valence-corrected chi connectivity index (χ4v) is 4.83. The minimum Gasteiger partial charge on any atom is -0.478 e. The molecule has 0 atom stereocenters. The zero-order valence-electron chi connectivity index (χ0n) is 17.1. The van der Waals surface area contributed by atoms with Crippen molar-refractivity contribution in [3.63, 3.8) is 0 Å². The van der Waals surface area contributed by atoms with Gasteiger partial charge in [0.05, 0.1) is 21.8 Å². The maximum absolute atomic E-state index is 14.1. The molecule has 0 bridgehead atoms. The summed E-state index contributed by atoms with van der Waals surface area (Å²) in [5.74, 6) is -1.44. The number of halogens is 1. The van der Waals surface area contributed by atoms with Crippen LogP contribution in [0.3, 0.4) is 0 Å². The minimum atomic E-state index is -3.83. The van der Waals surface area contributed by atoms with Crippen molar-refractivity contribution in [3.8, 4) is 0 Å². The van der Waals surface area contributed by atoms with Crippen LogP contribution in [0.1, 0.15) is 10.4 Å². The number of carboxylic acid groups (broad SMARTS) is 1. The second-order valence-corrected chi connectivity index (χ2v) is 9.06. The summed E-state index contributed by atoms with van der Waals surface area (Å²) >= 11 is 0. The summed E-state index contributed by atoms with van der Waals surface area (Å²) in [6.45, 7) is 2.07. The van der Waals surface area contributed by atoms with E-state index in [2.05, 4.69) is 4.72 Å². The predicted molar refractivity (Wildman–Crippen MR) is 121 cm³/mol. The van der Waals surface area contributed by atoms with Crippen LogP contribution < -0.4 is 14.5 Å². The molecule has 4 rings (SSSR count). The molecule has 1 aliphatic rings. The Hall–Kier alpha value is -3.59. The van der Waals surface area contributed by atoms with Crippen LogP contribution in [-0.2, 0) is 10.0 Å². The van der Waals surface area contributed by atoms with Gasteiger partial charge in [0.2, 0.25) is 0 Å². The summed E-state index contributed by atoms with van der Waals surface area (Å²) in [4.78, 5) is 15.8. The summed E-state index contributed by atoms with van der Waals surface area (Å²) in [7, 11) is -3.83. The van der Waals surface area contributed by atoms with E-state index in [0.29, 0.717) is 37.6 Å². The van der Waals surface area contributed by atoms with Gasteiger partial charge >= 0.3 is 5.97 Å². The van der Waals surface area contributed by atoms with Crippen molar-refractivity contribution in [3.05, 3.63) is 84.2 Å². The molecule has 0 saturated carbocycles. The van der Waals surface area contributed by atoms with Gasteiger partial charge in [-0.3, -0.25) is 4.72 Å². The van der Waals surface area contributed by atoms with E-state index in [1.807, 2.05) is 9.80 Å². The van der Waals surface area contributed by atoms with Gasteiger partial charge in [-0.25, -0.2) is 17.6 Å². The number of piperazine rings is 1. The number of carboxylic acids is 1. The van der Waals surface area contributed by atoms with Gasteiger partial charge in [-0.05, 0) is 42.5 Å². The third-order valence-corrected chi connectivity index (χ3v) is 6.74. The molecular weight excluding hydrogens is 433 g/mol. The summed E-state index contributed by atoms with van der Waals surface area (Å²) < 4.78 is 41.6. The van der Waals surface area contributed by atoms with Crippen molar-refractivity contribution in [2.45, 2.75) is 4.90 Å². The van der Waals surface area contributed by atoms with Gasteiger partial charge < -0.3 is 14.9 Å². The quantitative estimate of drug-likeness (QED) is 0.590.